The van der Waals surface area contributed by atoms with Crippen LogP contribution in [0.2, 0.25) is 0 Å². The fourth-order valence-electron chi connectivity index (χ4n) is 1.32. The number of rotatable bonds is 6. The van der Waals surface area contributed by atoms with Crippen molar-refractivity contribution in [2.24, 2.45) is 10.7 Å². The Kier molecular flexibility index (Phi) is 5.44. The Hall–Kier alpha value is -2.30. The molecular formula is C13H16N2O3. The molecule has 0 aliphatic rings. The van der Waals surface area contributed by atoms with Crippen LogP contribution in [-0.2, 0) is 11.3 Å². The van der Waals surface area contributed by atoms with Gasteiger partial charge in [-0.15, -0.1) is 0 Å². The normalized spacial score (nSPS) is 11.7. The van der Waals surface area contributed by atoms with Gasteiger partial charge >= 0.3 is 5.97 Å². The number of methoxy groups -OCH3 is 1. The lowest BCUT2D eigenvalue weighted by atomic mass is 10.2. The Morgan fingerprint density at radius 3 is 2.61 bits per heavy atom. The Morgan fingerprint density at radius 2 is 2.11 bits per heavy atom. The second kappa shape index (κ2) is 7.11. The van der Waals surface area contributed by atoms with Gasteiger partial charge in [-0.2, -0.15) is 0 Å². The number of ether oxygens (including phenoxy) is 1. The van der Waals surface area contributed by atoms with E-state index in [-0.39, 0.29) is 6.42 Å². The Balaban J connectivity index is 2.55. The molecule has 1 rings (SSSR count). The minimum atomic E-state index is -0.928. The van der Waals surface area contributed by atoms with Gasteiger partial charge in [0.15, 0.2) is 0 Å². The number of nitrogens with two attached hydrogens (primary N) is 1. The molecule has 0 spiro atoms. The molecule has 96 valence electrons. The predicted molar refractivity (Wildman–Crippen MR) is 69.7 cm³/mol. The monoisotopic (exact) mass is 248 g/mol. The van der Waals surface area contributed by atoms with Crippen LogP contribution in [0.1, 0.15) is 12.0 Å². The highest BCUT2D eigenvalue weighted by Crippen LogP contribution is 2.11. The quantitative estimate of drug-likeness (QED) is 0.748. The molecule has 0 amide bonds. The summed E-state index contributed by atoms with van der Waals surface area (Å²) in [6.45, 7) is 0.473. The van der Waals surface area contributed by atoms with Crippen LogP contribution < -0.4 is 10.5 Å². The molecule has 18 heavy (non-hydrogen) atoms. The van der Waals surface area contributed by atoms with Crippen LogP contribution in [0.5, 0.6) is 5.75 Å². The van der Waals surface area contributed by atoms with Gasteiger partial charge in [-0.05, 0) is 29.5 Å². The highest BCUT2D eigenvalue weighted by molar-refractivity contribution is 5.86. The van der Waals surface area contributed by atoms with Gasteiger partial charge in [-0.3, -0.25) is 9.79 Å². The van der Waals surface area contributed by atoms with Crippen molar-refractivity contribution in [3.8, 4) is 5.75 Å². The summed E-state index contributed by atoms with van der Waals surface area (Å²) in [5.41, 5.74) is 6.80. The van der Waals surface area contributed by atoms with Gasteiger partial charge in [0, 0.05) is 6.21 Å². The van der Waals surface area contributed by atoms with Crippen LogP contribution in [0.15, 0.2) is 41.0 Å². The van der Waals surface area contributed by atoms with Crippen LogP contribution in [-0.4, -0.2) is 24.4 Å². The van der Waals surface area contributed by atoms with Gasteiger partial charge in [0.2, 0.25) is 0 Å². The molecule has 0 saturated carbocycles. The standard InChI is InChI=1S/C13H16N2O3/c1-18-12-4-2-10(3-5-12)8-15-9-11(7-14)6-13(16)17/h2-5,7,9H,6,8,14H2,1H3,(H,16,17). The largest absolute Gasteiger partial charge is 0.497 e. The maximum Gasteiger partial charge on any atom is 0.307 e. The molecule has 0 saturated heterocycles. The molecular weight excluding hydrogens is 232 g/mol. The van der Waals surface area contributed by atoms with Crippen molar-refractivity contribution in [2.75, 3.05) is 7.11 Å². The van der Waals surface area contributed by atoms with Gasteiger partial charge in [0.05, 0.1) is 20.1 Å². The third kappa shape index (κ3) is 4.69. The molecule has 0 unspecified atom stereocenters. The zero-order valence-corrected chi connectivity index (χ0v) is 10.2. The van der Waals surface area contributed by atoms with Crippen molar-refractivity contribution >= 4 is 12.2 Å². The first-order valence-electron chi connectivity index (χ1n) is 5.41. The lowest BCUT2D eigenvalue weighted by molar-refractivity contribution is -0.136. The number of carboxylic acid groups (broad SMARTS) is 1. The second-order valence-corrected chi connectivity index (χ2v) is 3.63. The molecule has 0 fully saturated rings. The lowest BCUT2D eigenvalue weighted by Gasteiger charge is -2.00. The van der Waals surface area contributed by atoms with E-state index in [2.05, 4.69) is 4.99 Å². The predicted octanol–water partition coefficient (Wildman–Crippen LogP) is 1.58. The van der Waals surface area contributed by atoms with Crippen molar-refractivity contribution in [2.45, 2.75) is 13.0 Å². The number of aliphatic imine (C=N–C) groups is 1. The van der Waals surface area contributed by atoms with E-state index >= 15 is 0 Å². The van der Waals surface area contributed by atoms with Crippen LogP contribution in [0, 0.1) is 0 Å². The maximum absolute atomic E-state index is 10.5. The SMILES string of the molecule is COc1ccc(CN=CC(=CN)CC(=O)O)cc1. The molecule has 3 N–H and O–H groups in total. The highest BCUT2D eigenvalue weighted by atomic mass is 16.5. The van der Waals surface area contributed by atoms with Gasteiger partial charge in [-0.25, -0.2) is 0 Å². The summed E-state index contributed by atoms with van der Waals surface area (Å²) < 4.78 is 5.04. The van der Waals surface area contributed by atoms with Gasteiger partial charge in [0.1, 0.15) is 5.75 Å². The molecule has 1 aromatic rings. The van der Waals surface area contributed by atoms with Gasteiger partial charge in [0.25, 0.3) is 0 Å². The van der Waals surface area contributed by atoms with E-state index in [0.717, 1.165) is 11.3 Å². The molecule has 5 nitrogen and oxygen atoms in total. The molecule has 5 heteroatoms. The highest BCUT2D eigenvalue weighted by Gasteiger charge is 2.00. The van der Waals surface area contributed by atoms with E-state index in [9.17, 15) is 4.79 Å². The first-order valence-corrected chi connectivity index (χ1v) is 5.41. The number of aliphatic carboxylic acids is 1. The van der Waals surface area contributed by atoms with Crippen LogP contribution >= 0.6 is 0 Å². The zero-order valence-electron chi connectivity index (χ0n) is 10.2. The minimum absolute atomic E-state index is 0.122. The van der Waals surface area contributed by atoms with Crippen LogP contribution in [0.3, 0.4) is 0 Å². The molecule has 0 aliphatic heterocycles. The number of benzene rings is 1. The summed E-state index contributed by atoms with van der Waals surface area (Å²) in [6, 6.07) is 7.50. The fourth-order valence-corrected chi connectivity index (χ4v) is 1.32. The summed E-state index contributed by atoms with van der Waals surface area (Å²) in [7, 11) is 1.61. The number of carbonyl (C=O) groups is 1. The van der Waals surface area contributed by atoms with Crippen LogP contribution in [0.4, 0.5) is 0 Å². The summed E-state index contributed by atoms with van der Waals surface area (Å²) >= 11 is 0. The minimum Gasteiger partial charge on any atom is -0.497 e. The van der Waals surface area contributed by atoms with Crippen molar-refractivity contribution in [1.82, 2.24) is 0 Å². The molecule has 0 aromatic heterocycles. The lowest BCUT2D eigenvalue weighted by Crippen LogP contribution is -2.01. The first kappa shape index (κ1) is 13.8. The van der Waals surface area contributed by atoms with E-state index < -0.39 is 5.97 Å². The number of carboxylic acids is 1. The molecule has 0 heterocycles. The van der Waals surface area contributed by atoms with Crippen molar-refractivity contribution in [3.05, 3.63) is 41.6 Å². The summed E-state index contributed by atoms with van der Waals surface area (Å²) in [4.78, 5) is 14.6. The fraction of sp³-hybridized carbons (Fsp3) is 0.231. The van der Waals surface area contributed by atoms with E-state index in [0.29, 0.717) is 12.1 Å². The van der Waals surface area contributed by atoms with Gasteiger partial charge < -0.3 is 15.6 Å². The smallest absolute Gasteiger partial charge is 0.307 e. The number of hydrogen-bond donors (Lipinski definition) is 2. The summed E-state index contributed by atoms with van der Waals surface area (Å²) in [6.07, 6.45) is 2.62. The third-order valence-electron chi connectivity index (χ3n) is 2.26. The van der Waals surface area contributed by atoms with E-state index in [4.69, 9.17) is 15.6 Å². The Labute approximate surface area is 106 Å². The van der Waals surface area contributed by atoms with Gasteiger partial charge in [-0.1, -0.05) is 12.1 Å². The average Bonchev–Trinajstić information content (AvgIpc) is 2.38. The molecule has 0 bridgehead atoms. The third-order valence-corrected chi connectivity index (χ3v) is 2.26. The topological polar surface area (TPSA) is 84.9 Å². The Morgan fingerprint density at radius 1 is 1.44 bits per heavy atom. The molecule has 0 radical (unpaired) electrons. The number of nitrogens with zero attached hydrogens (tertiary/aromatic N) is 1. The number of hydrogen-bond acceptors (Lipinski definition) is 4. The van der Waals surface area contributed by atoms with Crippen LogP contribution in [0.25, 0.3) is 0 Å². The molecule has 0 atom stereocenters. The molecule has 1 aromatic carbocycles. The van der Waals surface area contributed by atoms with Crippen molar-refractivity contribution < 1.29 is 14.6 Å². The van der Waals surface area contributed by atoms with E-state index in [1.807, 2.05) is 24.3 Å². The summed E-state index contributed by atoms with van der Waals surface area (Å²) in [5, 5.41) is 8.62. The molecule has 0 aliphatic carbocycles. The Bertz CT molecular complexity index is 450. The van der Waals surface area contributed by atoms with E-state index in [1.165, 1.54) is 12.4 Å². The zero-order chi connectivity index (χ0) is 13.4. The second-order valence-electron chi connectivity index (χ2n) is 3.63. The average molecular weight is 248 g/mol. The van der Waals surface area contributed by atoms with E-state index in [1.54, 1.807) is 7.11 Å². The van der Waals surface area contributed by atoms with Crippen molar-refractivity contribution in [3.63, 3.8) is 0 Å². The van der Waals surface area contributed by atoms with Crippen molar-refractivity contribution in [1.29, 1.82) is 0 Å². The maximum atomic E-state index is 10.5. The summed E-state index contributed by atoms with van der Waals surface area (Å²) in [5.74, 6) is -0.140. The first-order chi connectivity index (χ1) is 8.65.